The summed E-state index contributed by atoms with van der Waals surface area (Å²) in [5, 5.41) is 11.3. The van der Waals surface area contributed by atoms with Crippen molar-refractivity contribution in [3.63, 3.8) is 0 Å². The summed E-state index contributed by atoms with van der Waals surface area (Å²) in [5.41, 5.74) is 1.92. The number of hydrogen-bond donors (Lipinski definition) is 0. The van der Waals surface area contributed by atoms with E-state index < -0.39 is 22.6 Å². The minimum Gasteiger partial charge on any atom is -0.488 e. The summed E-state index contributed by atoms with van der Waals surface area (Å²) < 4.78 is 20.2. The Hall–Kier alpha value is -4.20. The molecule has 13 nitrogen and oxygen atoms in total. The second-order valence-corrected chi connectivity index (χ2v) is 11.2. The predicted octanol–water partition coefficient (Wildman–Crippen LogP) is 3.52. The number of carbonyl (C=O) groups excluding carboxylic acids is 2. The Morgan fingerprint density at radius 1 is 1.09 bits per heavy atom. The van der Waals surface area contributed by atoms with Crippen LogP contribution in [0.15, 0.2) is 67.3 Å². The molecule has 0 radical (unpaired) electrons. The average molecular weight is 628 g/mol. The second kappa shape index (κ2) is 13.6. The van der Waals surface area contributed by atoms with Gasteiger partial charge in [-0.05, 0) is 48.4 Å². The third-order valence-corrected chi connectivity index (χ3v) is 7.90. The zero-order valence-corrected chi connectivity index (χ0v) is 25.1. The number of ether oxygens (including phenoxy) is 3. The van der Waals surface area contributed by atoms with Crippen LogP contribution in [0.5, 0.6) is 5.75 Å². The third-order valence-electron chi connectivity index (χ3n) is 7.65. The van der Waals surface area contributed by atoms with Gasteiger partial charge in [0.15, 0.2) is 5.79 Å². The molecular formula is C30H34ClN5O8. The quantitative estimate of drug-likeness (QED) is 0.157. The molecule has 2 atom stereocenters. The van der Waals surface area contributed by atoms with Gasteiger partial charge in [0.05, 0.1) is 12.9 Å². The van der Waals surface area contributed by atoms with Gasteiger partial charge in [0, 0.05) is 62.1 Å². The molecular weight excluding hydrogens is 594 g/mol. The van der Waals surface area contributed by atoms with Crippen LogP contribution < -0.4 is 9.64 Å². The van der Waals surface area contributed by atoms with E-state index in [1.165, 1.54) is 0 Å². The number of aromatic nitrogens is 2. The first-order chi connectivity index (χ1) is 21.2. The van der Waals surface area contributed by atoms with Crippen LogP contribution in [-0.4, -0.2) is 82.2 Å². The summed E-state index contributed by atoms with van der Waals surface area (Å²) in [7, 11) is 0. The van der Waals surface area contributed by atoms with Gasteiger partial charge in [0.2, 0.25) is 5.78 Å². The number of rotatable bonds is 13. The average Bonchev–Trinajstić information content (AvgIpc) is 3.67. The fourth-order valence-electron chi connectivity index (χ4n) is 5.28. The van der Waals surface area contributed by atoms with Crippen LogP contribution in [0.4, 0.5) is 5.69 Å². The van der Waals surface area contributed by atoms with Gasteiger partial charge in [-0.3, -0.25) is 14.4 Å². The molecule has 0 bridgehead atoms. The molecule has 0 saturated carbocycles. The lowest BCUT2D eigenvalue weighted by atomic mass is 10.0. The van der Waals surface area contributed by atoms with E-state index in [9.17, 15) is 19.7 Å². The molecule has 14 heteroatoms. The van der Waals surface area contributed by atoms with Crippen molar-refractivity contribution < 1.29 is 33.7 Å². The van der Waals surface area contributed by atoms with Crippen molar-refractivity contribution in [1.82, 2.24) is 14.5 Å². The topological polar surface area (TPSA) is 139 Å². The Morgan fingerprint density at radius 3 is 2.45 bits per heavy atom. The predicted molar refractivity (Wildman–Crippen MR) is 159 cm³/mol. The van der Waals surface area contributed by atoms with E-state index in [1.54, 1.807) is 59.4 Å². The smallest absolute Gasteiger partial charge is 0.297 e. The Kier molecular flexibility index (Phi) is 9.67. The summed E-state index contributed by atoms with van der Waals surface area (Å²) in [6.45, 7) is 3.46. The number of carbonyl (C=O) groups is 2. The number of nitrogens with zero attached hydrogens (tertiary/aromatic N) is 5. The van der Waals surface area contributed by atoms with Gasteiger partial charge in [-0.15, -0.1) is 10.1 Å². The first-order valence-electron chi connectivity index (χ1n) is 14.4. The zero-order chi connectivity index (χ0) is 31.2. The van der Waals surface area contributed by atoms with Crippen LogP contribution in [0.1, 0.15) is 25.3 Å². The van der Waals surface area contributed by atoms with Crippen LogP contribution in [-0.2, 0) is 36.9 Å². The molecule has 3 aromatic rings. The van der Waals surface area contributed by atoms with E-state index in [2.05, 4.69) is 9.88 Å². The number of hydrogen-bond acceptors (Lipinski definition) is 10. The van der Waals surface area contributed by atoms with Gasteiger partial charge in [-0.25, -0.2) is 4.98 Å². The van der Waals surface area contributed by atoms with Crippen LogP contribution in [0.3, 0.4) is 0 Å². The maximum atomic E-state index is 12.2. The van der Waals surface area contributed by atoms with E-state index in [0.717, 1.165) is 11.3 Å². The second-order valence-electron chi connectivity index (χ2n) is 10.7. The lowest BCUT2D eigenvalue weighted by Crippen LogP contribution is -2.50. The molecule has 2 aromatic carbocycles. The van der Waals surface area contributed by atoms with Gasteiger partial charge >= 0.3 is 0 Å². The van der Waals surface area contributed by atoms with Crippen LogP contribution in [0, 0.1) is 10.1 Å². The fraction of sp³-hybridized carbons (Fsp3) is 0.433. The van der Waals surface area contributed by atoms with Crippen LogP contribution >= 0.6 is 11.6 Å². The van der Waals surface area contributed by atoms with Gasteiger partial charge in [0.1, 0.15) is 19.0 Å². The molecule has 0 N–H and O–H groups in total. The summed E-state index contributed by atoms with van der Waals surface area (Å²) in [5.74, 6) is -3.41. The number of ketones is 1. The molecule has 1 amide bonds. The number of Topliss-reactive ketones (excluding diaryl/α,β-unsaturated/α-hetero) is 1. The highest BCUT2D eigenvalue weighted by atomic mass is 35.5. The number of halogens is 1. The van der Waals surface area contributed by atoms with Crippen molar-refractivity contribution in [2.75, 3.05) is 44.3 Å². The van der Waals surface area contributed by atoms with Crippen LogP contribution in [0.2, 0.25) is 5.02 Å². The molecule has 5 rings (SSSR count). The standard InChI is InChI=1S/C30H34ClN5O8/c1-2-27(37)28(38)35-17-15-34(16-18-35)25-7-9-26(10-8-25)41-20-30(44-36(39)40)21-42-29(43-30,19-33-14-13-32-22-33)12-11-23-3-5-24(31)6-4-23/h3-10,13-14,22H,2,11-12,15-21H2,1H3. The number of anilines is 1. The first-order valence-corrected chi connectivity index (χ1v) is 14.7. The molecule has 2 aliphatic heterocycles. The molecule has 234 valence electrons. The number of piperazine rings is 1. The summed E-state index contributed by atoms with van der Waals surface area (Å²) >= 11 is 6.03. The largest absolute Gasteiger partial charge is 0.488 e. The van der Waals surface area contributed by atoms with Gasteiger partial charge < -0.3 is 28.6 Å². The number of amides is 1. The minimum atomic E-state index is -1.80. The Bertz CT molecular complexity index is 1430. The Morgan fingerprint density at radius 2 is 1.82 bits per heavy atom. The molecule has 2 aliphatic rings. The van der Waals surface area contributed by atoms with Gasteiger partial charge in [-0.2, -0.15) is 0 Å². The molecule has 0 aliphatic carbocycles. The highest BCUT2D eigenvalue weighted by Gasteiger charge is 2.54. The summed E-state index contributed by atoms with van der Waals surface area (Å²) in [4.78, 5) is 48.4. The fourth-order valence-corrected chi connectivity index (χ4v) is 5.41. The summed E-state index contributed by atoms with van der Waals surface area (Å²) in [6.07, 6.45) is 6.12. The van der Waals surface area contributed by atoms with Crippen molar-refractivity contribution in [3.05, 3.63) is 88.0 Å². The van der Waals surface area contributed by atoms with Crippen molar-refractivity contribution in [2.24, 2.45) is 0 Å². The molecule has 2 fully saturated rings. The first kappa shape index (κ1) is 31.2. The number of imidazole rings is 1. The van der Waals surface area contributed by atoms with Gasteiger partial charge in [0.25, 0.3) is 16.8 Å². The van der Waals surface area contributed by atoms with E-state index in [1.807, 2.05) is 24.3 Å². The maximum absolute atomic E-state index is 12.2. The van der Waals surface area contributed by atoms with Crippen LogP contribution in [0.25, 0.3) is 0 Å². The van der Waals surface area contributed by atoms with Crippen molar-refractivity contribution in [2.45, 2.75) is 44.3 Å². The Balaban J connectivity index is 1.24. The van der Waals surface area contributed by atoms with Crippen molar-refractivity contribution >= 4 is 29.0 Å². The molecule has 1 aromatic heterocycles. The molecule has 44 heavy (non-hydrogen) atoms. The highest BCUT2D eigenvalue weighted by Crippen LogP contribution is 2.38. The van der Waals surface area contributed by atoms with Crippen molar-refractivity contribution in [3.8, 4) is 5.75 Å². The normalized spacial score (nSPS) is 21.7. The lowest BCUT2D eigenvalue weighted by Gasteiger charge is -2.35. The molecule has 2 unspecified atom stereocenters. The molecule has 2 saturated heterocycles. The Labute approximate surface area is 259 Å². The van der Waals surface area contributed by atoms with E-state index in [0.29, 0.717) is 49.8 Å². The highest BCUT2D eigenvalue weighted by molar-refractivity contribution is 6.36. The lowest BCUT2D eigenvalue weighted by molar-refractivity contribution is -0.795. The zero-order valence-electron chi connectivity index (χ0n) is 24.3. The van der Waals surface area contributed by atoms with E-state index in [-0.39, 0.29) is 32.0 Å². The monoisotopic (exact) mass is 627 g/mol. The minimum absolute atomic E-state index is 0.195. The van der Waals surface area contributed by atoms with Crippen molar-refractivity contribution in [1.29, 1.82) is 0 Å². The SMILES string of the molecule is CCC(=O)C(=O)N1CCN(c2ccc(OCC3(O[N+](=O)[O-])COC(CCc4ccc(Cl)cc4)(Cn4ccnc4)O3)cc2)CC1. The number of benzene rings is 2. The molecule has 0 spiro atoms. The maximum Gasteiger partial charge on any atom is 0.297 e. The van der Waals surface area contributed by atoms with E-state index in [4.69, 9.17) is 30.6 Å². The number of aryl methyl sites for hydroxylation is 1. The van der Waals surface area contributed by atoms with Gasteiger partial charge in [-0.1, -0.05) is 30.7 Å². The summed E-state index contributed by atoms with van der Waals surface area (Å²) in [6, 6.07) is 14.6. The van der Waals surface area contributed by atoms with E-state index >= 15 is 0 Å². The molecule has 3 heterocycles. The third kappa shape index (κ3) is 7.65.